The Balaban J connectivity index is 1.71. The minimum absolute atomic E-state index is 0.152. The highest BCUT2D eigenvalue weighted by Crippen LogP contribution is 2.29. The fraction of sp³-hybridized carbons (Fsp3) is 0.0952. The number of carbonyl (C=O) groups excluding carboxylic acids is 1. The fourth-order valence-electron chi connectivity index (χ4n) is 3.02. The normalized spacial score (nSPS) is 11.4. The summed E-state index contributed by atoms with van der Waals surface area (Å²) < 4.78 is 31.4. The van der Waals surface area contributed by atoms with Crippen molar-refractivity contribution in [3.8, 4) is 11.3 Å². The van der Waals surface area contributed by atoms with E-state index < -0.39 is 21.6 Å². The predicted molar refractivity (Wildman–Crippen MR) is 119 cm³/mol. The van der Waals surface area contributed by atoms with Gasteiger partial charge in [-0.2, -0.15) is 0 Å². The van der Waals surface area contributed by atoms with Crippen LogP contribution in [0, 0.1) is 0 Å². The van der Waals surface area contributed by atoms with Gasteiger partial charge in [-0.15, -0.1) is 11.3 Å². The molecule has 158 valence electrons. The van der Waals surface area contributed by atoms with Crippen LogP contribution in [0.25, 0.3) is 22.2 Å². The highest BCUT2D eigenvalue weighted by atomic mass is 32.2. The molecule has 0 fully saturated rings. The third-order valence-corrected chi connectivity index (χ3v) is 7.50. The average Bonchev–Trinajstić information content (AvgIpc) is 3.27. The third kappa shape index (κ3) is 3.82. The van der Waals surface area contributed by atoms with Gasteiger partial charge in [0.2, 0.25) is 0 Å². The molecule has 0 saturated carbocycles. The number of H-pyrrole nitrogens is 1. The molecule has 0 saturated heterocycles. The number of aromatic amines is 1. The molecule has 2 aromatic carbocycles. The summed E-state index contributed by atoms with van der Waals surface area (Å²) in [7, 11) is -1.06. The molecule has 0 atom stereocenters. The molecule has 0 spiro atoms. The number of rotatable bonds is 5. The molecule has 2 aromatic heterocycles. The Morgan fingerprint density at radius 3 is 2.58 bits per heavy atom. The number of carbonyl (C=O) groups is 1. The highest BCUT2D eigenvalue weighted by molar-refractivity contribution is 7.93. The van der Waals surface area contributed by atoms with Gasteiger partial charge in [-0.25, -0.2) is 22.5 Å². The fourth-order valence-corrected chi connectivity index (χ4v) is 5.21. The second-order valence-corrected chi connectivity index (χ2v) is 9.41. The van der Waals surface area contributed by atoms with Crippen molar-refractivity contribution in [2.45, 2.75) is 4.90 Å². The third-order valence-electron chi connectivity index (χ3n) is 4.71. The minimum atomic E-state index is -3.77. The summed E-state index contributed by atoms with van der Waals surface area (Å²) in [5.41, 5.74) is 1.06. The van der Waals surface area contributed by atoms with Crippen LogP contribution in [0.2, 0.25) is 0 Å². The van der Waals surface area contributed by atoms with Crippen LogP contribution in [0.5, 0.6) is 0 Å². The quantitative estimate of drug-likeness (QED) is 0.463. The van der Waals surface area contributed by atoms with Gasteiger partial charge in [0.15, 0.2) is 5.13 Å². The van der Waals surface area contributed by atoms with E-state index in [0.29, 0.717) is 27.7 Å². The lowest BCUT2D eigenvalue weighted by Crippen LogP contribution is -2.26. The first-order chi connectivity index (χ1) is 14.8. The Bertz CT molecular complexity index is 1440. The van der Waals surface area contributed by atoms with Crippen LogP contribution in [-0.4, -0.2) is 38.5 Å². The number of ether oxygens (including phenoxy) is 1. The maximum atomic E-state index is 12.8. The van der Waals surface area contributed by atoms with Crippen LogP contribution in [0.1, 0.15) is 10.4 Å². The number of methoxy groups -OCH3 is 1. The van der Waals surface area contributed by atoms with Crippen LogP contribution in [0.3, 0.4) is 0 Å². The van der Waals surface area contributed by atoms with E-state index in [-0.39, 0.29) is 10.0 Å². The predicted octanol–water partition coefficient (Wildman–Crippen LogP) is 3.26. The van der Waals surface area contributed by atoms with Crippen molar-refractivity contribution in [2.24, 2.45) is 0 Å². The van der Waals surface area contributed by atoms with Crippen molar-refractivity contribution in [2.75, 3.05) is 18.5 Å². The molecular weight excluding hydrogens is 438 g/mol. The SMILES string of the molecule is COC(=O)c1ccc2cc(-c3csc(N(C)S(=O)(=O)c4ccccc4)n3)c(=O)[nH]c2c1. The van der Waals surface area contributed by atoms with Crippen molar-refractivity contribution in [1.29, 1.82) is 0 Å². The molecule has 0 unspecified atom stereocenters. The first-order valence-corrected chi connectivity index (χ1v) is 11.4. The van der Waals surface area contributed by atoms with E-state index in [0.717, 1.165) is 15.6 Å². The van der Waals surface area contributed by atoms with Gasteiger partial charge < -0.3 is 9.72 Å². The number of hydrogen-bond donors (Lipinski definition) is 1. The zero-order chi connectivity index (χ0) is 22.2. The lowest BCUT2D eigenvalue weighted by Gasteiger charge is -2.16. The van der Waals surface area contributed by atoms with Crippen molar-refractivity contribution in [3.63, 3.8) is 0 Å². The maximum absolute atomic E-state index is 12.8. The summed E-state index contributed by atoms with van der Waals surface area (Å²) in [4.78, 5) is 31.6. The van der Waals surface area contributed by atoms with E-state index in [9.17, 15) is 18.0 Å². The standard InChI is InChI=1S/C21H17N3O5S2/c1-24(31(27,28)15-6-4-3-5-7-15)21-23-18(12-30-21)16-10-13-8-9-14(20(26)29-2)11-17(13)22-19(16)25/h3-12H,1-2H3,(H,22,25). The number of benzene rings is 2. The number of nitrogens with one attached hydrogen (secondary N) is 1. The van der Waals surface area contributed by atoms with Crippen LogP contribution < -0.4 is 9.86 Å². The van der Waals surface area contributed by atoms with Crippen LogP contribution in [-0.2, 0) is 14.8 Å². The van der Waals surface area contributed by atoms with Gasteiger partial charge in [0.1, 0.15) is 0 Å². The number of thiazole rings is 1. The molecule has 4 aromatic rings. The molecule has 0 amide bonds. The molecule has 0 bridgehead atoms. The van der Waals surface area contributed by atoms with Gasteiger partial charge in [-0.1, -0.05) is 24.3 Å². The van der Waals surface area contributed by atoms with E-state index in [1.54, 1.807) is 47.8 Å². The number of hydrogen-bond acceptors (Lipinski definition) is 7. The van der Waals surface area contributed by atoms with Gasteiger partial charge in [0.25, 0.3) is 15.6 Å². The van der Waals surface area contributed by atoms with E-state index >= 15 is 0 Å². The molecule has 4 rings (SSSR count). The number of sulfonamides is 1. The van der Waals surface area contributed by atoms with E-state index in [4.69, 9.17) is 4.74 Å². The van der Waals surface area contributed by atoms with Crippen LogP contribution in [0.15, 0.2) is 69.7 Å². The number of fused-ring (bicyclic) bond motifs is 1. The number of esters is 1. The van der Waals surface area contributed by atoms with Crippen molar-refractivity contribution in [3.05, 3.63) is 75.9 Å². The second-order valence-electron chi connectivity index (χ2n) is 6.61. The molecule has 0 aliphatic carbocycles. The van der Waals surface area contributed by atoms with Crippen LogP contribution >= 0.6 is 11.3 Å². The molecule has 0 aliphatic heterocycles. The summed E-state index contributed by atoms with van der Waals surface area (Å²) in [6, 6.07) is 14.5. The lowest BCUT2D eigenvalue weighted by molar-refractivity contribution is 0.0601. The van der Waals surface area contributed by atoms with Crippen molar-refractivity contribution < 1.29 is 17.9 Å². The first kappa shape index (κ1) is 20.8. The molecule has 0 radical (unpaired) electrons. The van der Waals surface area contributed by atoms with E-state index in [2.05, 4.69) is 9.97 Å². The first-order valence-electron chi connectivity index (χ1n) is 9.06. The Morgan fingerprint density at radius 2 is 1.87 bits per heavy atom. The molecule has 0 aliphatic rings. The summed E-state index contributed by atoms with van der Waals surface area (Å²) in [6.45, 7) is 0. The molecule has 10 heteroatoms. The van der Waals surface area contributed by atoms with Gasteiger partial charge in [0, 0.05) is 17.9 Å². The van der Waals surface area contributed by atoms with Gasteiger partial charge in [0.05, 0.1) is 28.8 Å². The topological polar surface area (TPSA) is 109 Å². The zero-order valence-corrected chi connectivity index (χ0v) is 18.2. The summed E-state index contributed by atoms with van der Waals surface area (Å²) in [5.74, 6) is -0.501. The Morgan fingerprint density at radius 1 is 1.13 bits per heavy atom. The Kier molecular flexibility index (Phi) is 5.34. The molecule has 8 nitrogen and oxygen atoms in total. The number of aromatic nitrogens is 2. The van der Waals surface area contributed by atoms with Crippen molar-refractivity contribution in [1.82, 2.24) is 9.97 Å². The van der Waals surface area contributed by atoms with Gasteiger partial charge in [-0.05, 0) is 35.7 Å². The van der Waals surface area contributed by atoms with Crippen molar-refractivity contribution >= 4 is 43.4 Å². The van der Waals surface area contributed by atoms with Gasteiger partial charge >= 0.3 is 5.97 Å². The van der Waals surface area contributed by atoms with E-state index in [1.807, 2.05) is 0 Å². The Labute approximate surface area is 181 Å². The van der Waals surface area contributed by atoms with Gasteiger partial charge in [-0.3, -0.25) is 4.79 Å². The summed E-state index contributed by atoms with van der Waals surface area (Å²) in [5, 5.41) is 2.56. The molecule has 1 N–H and O–H groups in total. The summed E-state index contributed by atoms with van der Waals surface area (Å²) in [6.07, 6.45) is 0. The van der Waals surface area contributed by atoms with Crippen LogP contribution in [0.4, 0.5) is 5.13 Å². The minimum Gasteiger partial charge on any atom is -0.465 e. The average molecular weight is 456 g/mol. The molecule has 31 heavy (non-hydrogen) atoms. The number of pyridine rings is 1. The second kappa shape index (κ2) is 7.97. The Hall–Kier alpha value is -3.50. The zero-order valence-electron chi connectivity index (χ0n) is 16.5. The summed E-state index contributed by atoms with van der Waals surface area (Å²) >= 11 is 1.12. The number of anilines is 1. The highest BCUT2D eigenvalue weighted by Gasteiger charge is 2.24. The lowest BCUT2D eigenvalue weighted by atomic mass is 10.1. The smallest absolute Gasteiger partial charge is 0.337 e. The monoisotopic (exact) mass is 455 g/mol. The maximum Gasteiger partial charge on any atom is 0.337 e. The molecule has 2 heterocycles. The molecular formula is C21H17N3O5S2. The largest absolute Gasteiger partial charge is 0.465 e. The van der Waals surface area contributed by atoms with E-state index in [1.165, 1.54) is 26.3 Å². The number of nitrogens with zero attached hydrogens (tertiary/aromatic N) is 2.